The normalized spacial score (nSPS) is 10.7. The molecule has 0 aliphatic rings. The molecule has 0 aliphatic carbocycles. The van der Waals surface area contributed by atoms with E-state index < -0.39 is 52.0 Å². The molecule has 0 aliphatic heterocycles. The summed E-state index contributed by atoms with van der Waals surface area (Å²) in [6, 6.07) is 0. The molecule has 0 radical (unpaired) electrons. The van der Waals surface area contributed by atoms with E-state index in [-0.39, 0.29) is 0 Å². The highest BCUT2D eigenvalue weighted by Gasteiger charge is 2.28. The Kier molecular flexibility index (Phi) is 3.35. The molecule has 0 bridgehead atoms. The van der Waals surface area contributed by atoms with Gasteiger partial charge in [0.15, 0.2) is 29.1 Å². The minimum Gasteiger partial charge on any atom is -0.478 e. The largest absolute Gasteiger partial charge is 0.478 e. The fourth-order valence-electron chi connectivity index (χ4n) is 1.37. The quantitative estimate of drug-likeness (QED) is 0.524. The topological polar surface area (TPSA) is 63.1 Å². The smallest absolute Gasteiger partial charge is 0.338 e. The molecule has 9 heteroatoms. The van der Waals surface area contributed by atoms with Crippen molar-refractivity contribution >= 4 is 5.97 Å². The van der Waals surface area contributed by atoms with Gasteiger partial charge in [-0.1, -0.05) is 0 Å². The Morgan fingerprint density at radius 2 is 1.25 bits per heavy atom. The lowest BCUT2D eigenvalue weighted by Gasteiger charge is -2.06. The number of nitrogens with zero attached hydrogens (tertiary/aromatic N) is 2. The van der Waals surface area contributed by atoms with Crippen LogP contribution in [0.2, 0.25) is 0 Å². The van der Waals surface area contributed by atoms with Gasteiger partial charge in [0.2, 0.25) is 5.82 Å². The summed E-state index contributed by atoms with van der Waals surface area (Å²) >= 11 is 0. The molecule has 0 saturated heterocycles. The molecular weight excluding hydrogens is 287 g/mol. The number of hydrogen-bond donors (Lipinski definition) is 1. The maximum atomic E-state index is 13.4. The summed E-state index contributed by atoms with van der Waals surface area (Å²) in [4.78, 5) is 17.1. The van der Waals surface area contributed by atoms with Gasteiger partial charge in [0, 0.05) is 12.4 Å². The maximum absolute atomic E-state index is 13.4. The van der Waals surface area contributed by atoms with Crippen LogP contribution in [0.15, 0.2) is 12.4 Å². The summed E-state index contributed by atoms with van der Waals surface area (Å²) in [5.41, 5.74) is -1.73. The molecule has 4 nitrogen and oxygen atoms in total. The van der Waals surface area contributed by atoms with Gasteiger partial charge in [-0.2, -0.15) is 0 Å². The molecule has 1 aromatic heterocycles. The van der Waals surface area contributed by atoms with Crippen LogP contribution in [-0.2, 0) is 0 Å². The SMILES string of the molecule is O=C(O)c1cnc(-c2c(F)c(F)c(F)c(F)c2F)nc1. The molecule has 104 valence electrons. The number of halogens is 5. The van der Waals surface area contributed by atoms with Crippen LogP contribution in [-0.4, -0.2) is 21.0 Å². The van der Waals surface area contributed by atoms with Crippen molar-refractivity contribution in [2.24, 2.45) is 0 Å². The molecule has 20 heavy (non-hydrogen) atoms. The molecule has 1 aromatic carbocycles. The zero-order valence-electron chi connectivity index (χ0n) is 9.29. The van der Waals surface area contributed by atoms with Crippen LogP contribution in [0.3, 0.4) is 0 Å². The van der Waals surface area contributed by atoms with Crippen LogP contribution in [0.1, 0.15) is 10.4 Å². The lowest BCUT2D eigenvalue weighted by Crippen LogP contribution is -2.07. The Morgan fingerprint density at radius 3 is 1.65 bits per heavy atom. The van der Waals surface area contributed by atoms with Gasteiger partial charge >= 0.3 is 5.97 Å². The molecular formula is C11H3F5N2O2. The molecule has 0 spiro atoms. The van der Waals surface area contributed by atoms with Gasteiger partial charge in [-0.25, -0.2) is 36.7 Å². The lowest BCUT2D eigenvalue weighted by molar-refractivity contribution is 0.0696. The lowest BCUT2D eigenvalue weighted by atomic mass is 10.1. The third-order valence-electron chi connectivity index (χ3n) is 2.33. The first-order valence-electron chi connectivity index (χ1n) is 4.91. The second-order valence-corrected chi connectivity index (χ2v) is 3.55. The van der Waals surface area contributed by atoms with Crippen LogP contribution < -0.4 is 0 Å². The third-order valence-corrected chi connectivity index (χ3v) is 2.33. The number of aromatic nitrogens is 2. The summed E-state index contributed by atoms with van der Waals surface area (Å²) in [5.74, 6) is -13.0. The molecule has 0 unspecified atom stereocenters. The predicted molar refractivity (Wildman–Crippen MR) is 54.2 cm³/mol. The number of rotatable bonds is 2. The Hall–Kier alpha value is -2.58. The van der Waals surface area contributed by atoms with E-state index in [4.69, 9.17) is 5.11 Å². The van der Waals surface area contributed by atoms with Crippen LogP contribution in [0.25, 0.3) is 11.4 Å². The van der Waals surface area contributed by atoms with Crippen molar-refractivity contribution in [2.45, 2.75) is 0 Å². The van der Waals surface area contributed by atoms with E-state index in [1.807, 2.05) is 0 Å². The first kappa shape index (κ1) is 13.8. The van der Waals surface area contributed by atoms with Crippen molar-refractivity contribution in [3.63, 3.8) is 0 Å². The number of hydrogen-bond acceptors (Lipinski definition) is 3. The predicted octanol–water partition coefficient (Wildman–Crippen LogP) is 2.54. The van der Waals surface area contributed by atoms with Gasteiger partial charge in [0.1, 0.15) is 0 Å². The van der Waals surface area contributed by atoms with Gasteiger partial charge in [-0.05, 0) is 0 Å². The highest BCUT2D eigenvalue weighted by atomic mass is 19.2. The van der Waals surface area contributed by atoms with Gasteiger partial charge < -0.3 is 5.11 Å². The Labute approximate surface area is 107 Å². The second kappa shape index (κ2) is 4.83. The van der Waals surface area contributed by atoms with Gasteiger partial charge in [0.05, 0.1) is 11.1 Å². The second-order valence-electron chi connectivity index (χ2n) is 3.55. The third kappa shape index (κ3) is 2.06. The summed E-state index contributed by atoms with van der Waals surface area (Å²) < 4.78 is 65.7. The minimum atomic E-state index is -2.30. The van der Waals surface area contributed by atoms with Crippen LogP contribution in [0.4, 0.5) is 22.0 Å². The van der Waals surface area contributed by atoms with Crippen molar-refractivity contribution in [1.29, 1.82) is 0 Å². The van der Waals surface area contributed by atoms with E-state index in [0.717, 1.165) is 0 Å². The molecule has 0 amide bonds. The zero-order chi connectivity index (χ0) is 15.0. The molecule has 0 saturated carbocycles. The summed E-state index contributed by atoms with van der Waals surface area (Å²) in [7, 11) is 0. The van der Waals surface area contributed by atoms with Crippen molar-refractivity contribution < 1.29 is 31.9 Å². The van der Waals surface area contributed by atoms with Crippen LogP contribution in [0, 0.1) is 29.1 Å². The van der Waals surface area contributed by atoms with Crippen LogP contribution in [0.5, 0.6) is 0 Å². The average Bonchev–Trinajstić information content (AvgIpc) is 2.44. The van der Waals surface area contributed by atoms with E-state index in [1.54, 1.807) is 0 Å². The number of carboxylic acid groups (broad SMARTS) is 1. The Morgan fingerprint density at radius 1 is 0.850 bits per heavy atom. The highest BCUT2D eigenvalue weighted by Crippen LogP contribution is 2.29. The van der Waals surface area contributed by atoms with Crippen LogP contribution >= 0.6 is 0 Å². The number of aromatic carboxylic acids is 1. The van der Waals surface area contributed by atoms with E-state index in [0.29, 0.717) is 12.4 Å². The molecule has 0 fully saturated rings. The molecule has 1 heterocycles. The summed E-state index contributed by atoms with van der Waals surface area (Å²) in [6.45, 7) is 0. The van der Waals surface area contributed by atoms with E-state index in [1.165, 1.54) is 0 Å². The van der Waals surface area contributed by atoms with Crippen molar-refractivity contribution in [1.82, 2.24) is 9.97 Å². The number of benzene rings is 1. The summed E-state index contributed by atoms with van der Waals surface area (Å²) in [5, 5.41) is 8.58. The van der Waals surface area contributed by atoms with E-state index in [2.05, 4.69) is 9.97 Å². The number of carboxylic acids is 1. The fraction of sp³-hybridized carbons (Fsp3) is 0. The van der Waals surface area contributed by atoms with Gasteiger partial charge in [-0.15, -0.1) is 0 Å². The zero-order valence-corrected chi connectivity index (χ0v) is 9.29. The van der Waals surface area contributed by atoms with Gasteiger partial charge in [0.25, 0.3) is 0 Å². The monoisotopic (exact) mass is 290 g/mol. The Balaban J connectivity index is 2.67. The molecule has 1 N–H and O–H groups in total. The molecule has 2 rings (SSSR count). The van der Waals surface area contributed by atoms with Crippen molar-refractivity contribution in [3.05, 3.63) is 47.0 Å². The van der Waals surface area contributed by atoms with Crippen molar-refractivity contribution in [3.8, 4) is 11.4 Å². The van der Waals surface area contributed by atoms with Gasteiger partial charge in [-0.3, -0.25) is 0 Å². The fourth-order valence-corrected chi connectivity index (χ4v) is 1.37. The maximum Gasteiger partial charge on any atom is 0.338 e. The van der Waals surface area contributed by atoms with Crippen molar-refractivity contribution in [2.75, 3.05) is 0 Å². The summed E-state index contributed by atoms with van der Waals surface area (Å²) in [6.07, 6.45) is 1.37. The first-order valence-corrected chi connectivity index (χ1v) is 4.91. The number of carbonyl (C=O) groups is 1. The first-order chi connectivity index (χ1) is 9.34. The average molecular weight is 290 g/mol. The Bertz CT molecular complexity index is 674. The molecule has 2 aromatic rings. The van der Waals surface area contributed by atoms with E-state index >= 15 is 0 Å². The standard InChI is InChI=1S/C11H3F5N2O2/c12-5-4(6(13)8(15)9(16)7(5)14)10-17-1-3(2-18-10)11(19)20/h1-2H,(H,19,20). The molecule has 0 atom stereocenters. The highest BCUT2D eigenvalue weighted by molar-refractivity contribution is 5.86. The van der Waals surface area contributed by atoms with E-state index in [9.17, 15) is 26.7 Å². The minimum absolute atomic E-state index is 0.405.